The number of aliphatic hydroxyl groups excluding tert-OH is 1. The minimum atomic E-state index is -3.82. The summed E-state index contributed by atoms with van der Waals surface area (Å²) in [5.41, 5.74) is -1.49. The fraction of sp³-hybridized carbons (Fsp3) is 1.00. The summed E-state index contributed by atoms with van der Waals surface area (Å²) in [5, 5.41) is 9.59. The maximum atomic E-state index is 10.6. The van der Waals surface area contributed by atoms with Gasteiger partial charge in [0.1, 0.15) is 0 Å². The quantitative estimate of drug-likeness (QED) is 0.436. The average Bonchev–Trinajstić information content (AvgIpc) is 1.60. The number of rotatable bonds is 3. The molecule has 1 atom stereocenters. The topological polar surface area (TPSA) is 66.8 Å². The summed E-state index contributed by atoms with van der Waals surface area (Å²) in [6, 6.07) is 0. The van der Waals surface area contributed by atoms with Gasteiger partial charge >= 0.3 is 39.7 Å². The molecule has 1 N–H and O–H groups in total. The van der Waals surface area contributed by atoms with E-state index in [4.69, 9.17) is 5.11 Å². The van der Waals surface area contributed by atoms with Gasteiger partial charge in [-0.1, -0.05) is 0 Å². The zero-order valence-corrected chi connectivity index (χ0v) is 6.92. The van der Waals surface area contributed by atoms with Gasteiger partial charge in [0.25, 0.3) is 0 Å². The third kappa shape index (κ3) is 6.03. The summed E-state index contributed by atoms with van der Waals surface area (Å²) >= 11 is 0. The molecule has 0 aliphatic carbocycles. The van der Waals surface area contributed by atoms with Gasteiger partial charge in [-0.3, -0.25) is 0 Å². The second-order valence-electron chi connectivity index (χ2n) is 1.98. The van der Waals surface area contributed by atoms with E-state index < -0.39 is 15.6 Å². The van der Waals surface area contributed by atoms with Crippen molar-refractivity contribution in [2.75, 3.05) is 14.1 Å². The molecule has 0 spiro atoms. The summed E-state index contributed by atoms with van der Waals surface area (Å²) < 4.78 is 25.5. The first kappa shape index (κ1) is 14.4. The van der Waals surface area contributed by atoms with Crippen molar-refractivity contribution in [3.05, 3.63) is 0 Å². The van der Waals surface area contributed by atoms with Crippen LogP contribution in [-0.2, 0) is 14.4 Å². The van der Waals surface area contributed by atoms with Gasteiger partial charge in [-0.15, -0.1) is 0 Å². The van der Waals surface area contributed by atoms with Crippen LogP contribution in [0.5, 0.6) is 0 Å². The third-order valence-corrected chi connectivity index (χ3v) is 2.01. The van der Waals surface area contributed by atoms with E-state index in [9.17, 15) is 8.42 Å². The fourth-order valence-corrected chi connectivity index (χ4v) is 0.810. The summed E-state index contributed by atoms with van der Waals surface area (Å²) in [4.78, 5) is 0. The van der Waals surface area contributed by atoms with E-state index in [2.05, 4.69) is 4.28 Å². The zero-order chi connectivity index (χ0) is 8.36. The van der Waals surface area contributed by atoms with Crippen molar-refractivity contribution in [2.45, 2.75) is 12.4 Å². The Bertz CT molecular complexity index is 188. The number of aliphatic hydroxyl groups is 1. The van der Waals surface area contributed by atoms with E-state index in [1.807, 2.05) is 0 Å². The first-order valence-electron chi connectivity index (χ1n) is 2.65. The normalized spacial score (nSPS) is 14.3. The SMILES string of the molecule is CC(O)S(=O)(=O)ON(C)C.[NaH]. The van der Waals surface area contributed by atoms with Gasteiger partial charge in [-0.05, 0) is 6.92 Å². The van der Waals surface area contributed by atoms with Gasteiger partial charge in [0.2, 0.25) is 0 Å². The molecule has 11 heavy (non-hydrogen) atoms. The molecule has 0 saturated heterocycles. The van der Waals surface area contributed by atoms with Crippen LogP contribution in [0.25, 0.3) is 0 Å². The molecule has 0 heterocycles. The molecule has 0 aliphatic heterocycles. The van der Waals surface area contributed by atoms with Gasteiger partial charge in [-0.2, -0.15) is 17.8 Å². The van der Waals surface area contributed by atoms with Gasteiger partial charge in [0, 0.05) is 14.1 Å². The molecule has 0 rings (SSSR count). The molecule has 0 aliphatic rings. The Kier molecular flexibility index (Phi) is 7.14. The Balaban J connectivity index is 0. The molecule has 0 aromatic carbocycles. The van der Waals surface area contributed by atoms with Crippen molar-refractivity contribution in [1.82, 2.24) is 5.06 Å². The standard InChI is InChI=1S/C4H11NO4S.Na.H/c1-4(6)10(7,8)9-5(2)3;;/h4,6H,1-3H3;;. The van der Waals surface area contributed by atoms with Gasteiger partial charge in [0.15, 0.2) is 5.44 Å². The fourth-order valence-electron chi connectivity index (χ4n) is 0.270. The monoisotopic (exact) mass is 193 g/mol. The molecular weight excluding hydrogens is 181 g/mol. The Morgan fingerprint density at radius 3 is 1.91 bits per heavy atom. The second kappa shape index (κ2) is 5.47. The maximum absolute atomic E-state index is 10.6. The van der Waals surface area contributed by atoms with E-state index in [0.29, 0.717) is 0 Å². The first-order chi connectivity index (χ1) is 4.36. The molecule has 0 aromatic rings. The Morgan fingerprint density at radius 1 is 1.45 bits per heavy atom. The van der Waals surface area contributed by atoms with Crippen molar-refractivity contribution in [3.8, 4) is 0 Å². The molecule has 0 saturated carbocycles. The van der Waals surface area contributed by atoms with Crippen LogP contribution in [0.3, 0.4) is 0 Å². The molecule has 0 amide bonds. The first-order valence-corrected chi connectivity index (χ1v) is 4.12. The van der Waals surface area contributed by atoms with Crippen LogP contribution in [0, 0.1) is 0 Å². The number of hydroxylamine groups is 2. The Hall–Kier alpha value is 0.830. The summed E-state index contributed by atoms with van der Waals surface area (Å²) in [6.45, 7) is 1.12. The van der Waals surface area contributed by atoms with Crippen molar-refractivity contribution < 1.29 is 17.8 Å². The van der Waals surface area contributed by atoms with Crippen LogP contribution < -0.4 is 0 Å². The van der Waals surface area contributed by atoms with E-state index in [0.717, 1.165) is 12.0 Å². The molecule has 0 bridgehead atoms. The van der Waals surface area contributed by atoms with Crippen LogP contribution >= 0.6 is 0 Å². The van der Waals surface area contributed by atoms with Gasteiger partial charge in [-0.25, -0.2) is 0 Å². The van der Waals surface area contributed by atoms with Crippen LogP contribution in [0.4, 0.5) is 0 Å². The van der Waals surface area contributed by atoms with Crippen LogP contribution in [0.15, 0.2) is 0 Å². The number of hydrogen-bond acceptors (Lipinski definition) is 5. The van der Waals surface area contributed by atoms with Gasteiger partial charge in [0.05, 0.1) is 0 Å². The Morgan fingerprint density at radius 2 is 1.82 bits per heavy atom. The summed E-state index contributed by atoms with van der Waals surface area (Å²) in [6.07, 6.45) is 0. The van der Waals surface area contributed by atoms with Crippen LogP contribution in [0.1, 0.15) is 6.92 Å². The number of nitrogens with zero attached hydrogens (tertiary/aromatic N) is 1. The predicted molar refractivity (Wildman–Crippen MR) is 42.5 cm³/mol. The van der Waals surface area contributed by atoms with Crippen LogP contribution in [-0.4, -0.2) is 67.7 Å². The third-order valence-electron chi connectivity index (χ3n) is 0.671. The number of hydrogen-bond donors (Lipinski definition) is 1. The predicted octanol–water partition coefficient (Wildman–Crippen LogP) is -1.50. The second-order valence-corrected chi connectivity index (χ2v) is 3.80. The van der Waals surface area contributed by atoms with E-state index >= 15 is 0 Å². The van der Waals surface area contributed by atoms with E-state index in [-0.39, 0.29) is 29.6 Å². The molecule has 0 radical (unpaired) electrons. The van der Waals surface area contributed by atoms with Crippen LogP contribution in [0.2, 0.25) is 0 Å². The molecule has 5 nitrogen and oxygen atoms in total. The summed E-state index contributed by atoms with van der Waals surface area (Å²) in [5.74, 6) is 0. The van der Waals surface area contributed by atoms with Crippen molar-refractivity contribution >= 4 is 39.7 Å². The molecular formula is C4H12NNaO4S. The van der Waals surface area contributed by atoms with Crippen molar-refractivity contribution in [2.24, 2.45) is 0 Å². The van der Waals surface area contributed by atoms with E-state index in [1.165, 1.54) is 14.1 Å². The minimum absolute atomic E-state index is 0. The average molecular weight is 193 g/mol. The molecule has 1 unspecified atom stereocenters. The Labute approximate surface area is 88.7 Å². The van der Waals surface area contributed by atoms with Crippen molar-refractivity contribution in [1.29, 1.82) is 0 Å². The van der Waals surface area contributed by atoms with Crippen molar-refractivity contribution in [3.63, 3.8) is 0 Å². The molecule has 7 heteroatoms. The zero-order valence-electron chi connectivity index (χ0n) is 6.10. The molecule has 64 valence electrons. The molecule has 0 fully saturated rings. The van der Waals surface area contributed by atoms with Gasteiger partial charge < -0.3 is 5.11 Å². The summed E-state index contributed by atoms with van der Waals surface area (Å²) in [7, 11) is -0.983. The molecule has 0 aromatic heterocycles. The van der Waals surface area contributed by atoms with E-state index in [1.54, 1.807) is 0 Å².